The second kappa shape index (κ2) is 10.1. The van der Waals surface area contributed by atoms with Crippen LogP contribution in [0.25, 0.3) is 10.1 Å². The van der Waals surface area contributed by atoms with Gasteiger partial charge in [-0.25, -0.2) is 0 Å². The van der Waals surface area contributed by atoms with Gasteiger partial charge in [-0.05, 0) is 43.2 Å². The minimum atomic E-state index is -0.333. The van der Waals surface area contributed by atoms with Crippen LogP contribution in [-0.4, -0.2) is 32.2 Å². The van der Waals surface area contributed by atoms with Crippen molar-refractivity contribution in [2.45, 2.75) is 26.7 Å². The van der Waals surface area contributed by atoms with Crippen molar-refractivity contribution in [3.8, 4) is 11.5 Å². The van der Waals surface area contributed by atoms with Crippen LogP contribution in [0.3, 0.4) is 0 Å². The first-order valence-electron chi connectivity index (χ1n) is 9.85. The smallest absolute Gasteiger partial charge is 0.310 e. The van der Waals surface area contributed by atoms with Crippen molar-refractivity contribution in [2.24, 2.45) is 0 Å². The number of amides is 1. The lowest BCUT2D eigenvalue weighted by Gasteiger charge is -2.11. The quantitative estimate of drug-likeness (QED) is 0.484. The normalized spacial score (nSPS) is 10.6. The van der Waals surface area contributed by atoms with Crippen LogP contribution in [-0.2, 0) is 16.0 Å². The molecule has 0 fully saturated rings. The van der Waals surface area contributed by atoms with Gasteiger partial charge in [0.05, 0.1) is 26.7 Å². The predicted molar refractivity (Wildman–Crippen MR) is 119 cm³/mol. The van der Waals surface area contributed by atoms with Gasteiger partial charge >= 0.3 is 5.97 Å². The summed E-state index contributed by atoms with van der Waals surface area (Å²) in [4.78, 5) is 25.5. The largest absolute Gasteiger partial charge is 0.497 e. The number of rotatable bonds is 9. The SMILES string of the molecule is CCCOc1c(C(=O)Nc2ccccc2CC(=O)OCC)sc2ccc(OC)cc12. The van der Waals surface area contributed by atoms with Gasteiger partial charge in [-0.2, -0.15) is 0 Å². The van der Waals surface area contributed by atoms with Gasteiger partial charge in [-0.3, -0.25) is 9.59 Å². The summed E-state index contributed by atoms with van der Waals surface area (Å²) in [6.45, 7) is 4.60. The highest BCUT2D eigenvalue weighted by molar-refractivity contribution is 7.21. The first kappa shape index (κ1) is 21.6. The van der Waals surface area contributed by atoms with E-state index < -0.39 is 0 Å². The number of thiophene rings is 1. The maximum absolute atomic E-state index is 13.2. The Morgan fingerprint density at radius 1 is 1.10 bits per heavy atom. The number of esters is 1. The van der Waals surface area contributed by atoms with Gasteiger partial charge in [0, 0.05) is 15.8 Å². The molecular weight excluding hydrogens is 402 g/mol. The molecular formula is C23H25NO5S. The van der Waals surface area contributed by atoms with Crippen molar-refractivity contribution in [2.75, 3.05) is 25.6 Å². The highest BCUT2D eigenvalue weighted by Crippen LogP contribution is 2.40. The van der Waals surface area contributed by atoms with E-state index >= 15 is 0 Å². The molecule has 0 radical (unpaired) electrons. The lowest BCUT2D eigenvalue weighted by atomic mass is 10.1. The van der Waals surface area contributed by atoms with E-state index in [1.165, 1.54) is 11.3 Å². The minimum Gasteiger partial charge on any atom is -0.497 e. The minimum absolute atomic E-state index is 0.0904. The van der Waals surface area contributed by atoms with Crippen molar-refractivity contribution < 1.29 is 23.8 Å². The first-order valence-corrected chi connectivity index (χ1v) is 10.7. The summed E-state index contributed by atoms with van der Waals surface area (Å²) in [6.07, 6.45) is 0.915. The molecule has 0 spiro atoms. The second-order valence-electron chi connectivity index (χ2n) is 6.56. The molecule has 0 aliphatic carbocycles. The monoisotopic (exact) mass is 427 g/mol. The number of nitrogens with one attached hydrogen (secondary N) is 1. The molecule has 1 aromatic heterocycles. The number of carbonyl (C=O) groups is 2. The molecule has 0 bridgehead atoms. The third-order valence-corrected chi connectivity index (χ3v) is 5.56. The summed E-state index contributed by atoms with van der Waals surface area (Å²) in [5, 5.41) is 3.78. The van der Waals surface area contributed by atoms with E-state index in [9.17, 15) is 9.59 Å². The van der Waals surface area contributed by atoms with Crippen LogP contribution in [0.2, 0.25) is 0 Å². The van der Waals surface area contributed by atoms with Gasteiger partial charge in [0.2, 0.25) is 0 Å². The maximum Gasteiger partial charge on any atom is 0.310 e. The molecule has 0 saturated heterocycles. The third kappa shape index (κ3) is 4.91. The van der Waals surface area contributed by atoms with E-state index in [1.807, 2.05) is 37.3 Å². The zero-order valence-electron chi connectivity index (χ0n) is 17.3. The predicted octanol–water partition coefficient (Wildman–Crippen LogP) is 5.06. The summed E-state index contributed by atoms with van der Waals surface area (Å²) in [7, 11) is 1.61. The van der Waals surface area contributed by atoms with Gasteiger partial charge < -0.3 is 19.5 Å². The molecule has 0 aliphatic rings. The molecule has 0 unspecified atom stereocenters. The highest BCUT2D eigenvalue weighted by atomic mass is 32.1. The number of carbonyl (C=O) groups excluding carboxylic acids is 2. The maximum atomic E-state index is 13.2. The Bertz CT molecular complexity index is 1040. The van der Waals surface area contributed by atoms with Gasteiger partial charge in [0.25, 0.3) is 5.91 Å². The number of fused-ring (bicyclic) bond motifs is 1. The summed E-state index contributed by atoms with van der Waals surface area (Å²) in [6, 6.07) is 12.9. The third-order valence-electron chi connectivity index (χ3n) is 4.41. The Kier molecular flexibility index (Phi) is 7.30. The zero-order valence-corrected chi connectivity index (χ0v) is 18.1. The molecule has 1 N–H and O–H groups in total. The average molecular weight is 428 g/mol. The lowest BCUT2D eigenvalue weighted by Crippen LogP contribution is -2.15. The lowest BCUT2D eigenvalue weighted by molar-refractivity contribution is -0.142. The highest BCUT2D eigenvalue weighted by Gasteiger charge is 2.22. The molecule has 158 valence electrons. The van der Waals surface area contributed by atoms with Crippen LogP contribution >= 0.6 is 11.3 Å². The first-order chi connectivity index (χ1) is 14.6. The van der Waals surface area contributed by atoms with E-state index in [0.717, 1.165) is 16.5 Å². The molecule has 0 atom stereocenters. The fourth-order valence-corrected chi connectivity index (χ4v) is 4.04. The van der Waals surface area contributed by atoms with Crippen molar-refractivity contribution in [1.29, 1.82) is 0 Å². The van der Waals surface area contributed by atoms with Crippen LogP contribution in [0, 0.1) is 0 Å². The molecule has 2 aromatic carbocycles. The van der Waals surface area contributed by atoms with Crippen LogP contribution in [0.5, 0.6) is 11.5 Å². The van der Waals surface area contributed by atoms with E-state index in [4.69, 9.17) is 14.2 Å². The molecule has 1 amide bonds. The molecule has 3 rings (SSSR count). The average Bonchev–Trinajstić information content (AvgIpc) is 3.11. The van der Waals surface area contributed by atoms with Crippen LogP contribution in [0.4, 0.5) is 5.69 Å². The fraction of sp³-hybridized carbons (Fsp3) is 0.304. The van der Waals surface area contributed by atoms with Gasteiger partial charge in [-0.1, -0.05) is 25.1 Å². The Morgan fingerprint density at radius 2 is 1.90 bits per heavy atom. The van der Waals surface area contributed by atoms with Crippen molar-refractivity contribution >= 4 is 39.0 Å². The number of benzene rings is 2. The molecule has 30 heavy (non-hydrogen) atoms. The van der Waals surface area contributed by atoms with Crippen molar-refractivity contribution in [3.63, 3.8) is 0 Å². The summed E-state index contributed by atoms with van der Waals surface area (Å²) >= 11 is 1.36. The molecule has 0 saturated carbocycles. The summed E-state index contributed by atoms with van der Waals surface area (Å²) in [5.41, 5.74) is 1.27. The van der Waals surface area contributed by atoms with Crippen molar-refractivity contribution in [3.05, 3.63) is 52.9 Å². The van der Waals surface area contributed by atoms with E-state index in [2.05, 4.69) is 5.32 Å². The Balaban J connectivity index is 1.93. The number of ether oxygens (including phenoxy) is 3. The summed E-state index contributed by atoms with van der Waals surface area (Å²) < 4.78 is 17.2. The molecule has 0 aliphatic heterocycles. The molecule has 3 aromatic rings. The number of hydrogen-bond donors (Lipinski definition) is 1. The van der Waals surface area contributed by atoms with E-state index in [-0.39, 0.29) is 18.3 Å². The Morgan fingerprint density at radius 3 is 2.63 bits per heavy atom. The standard InChI is InChI=1S/C23H25NO5S/c1-4-12-29-21-17-14-16(27-3)10-11-19(17)30-22(21)23(26)24-18-9-7-6-8-15(18)13-20(25)28-5-2/h6-11,14H,4-5,12-13H2,1-3H3,(H,24,26). The topological polar surface area (TPSA) is 73.9 Å². The van der Waals surface area contributed by atoms with Crippen LogP contribution in [0.15, 0.2) is 42.5 Å². The number of para-hydroxylation sites is 1. The van der Waals surface area contributed by atoms with Crippen LogP contribution < -0.4 is 14.8 Å². The van der Waals surface area contributed by atoms with Crippen LogP contribution in [0.1, 0.15) is 35.5 Å². The van der Waals surface area contributed by atoms with Gasteiger partial charge in [-0.15, -0.1) is 11.3 Å². The fourth-order valence-electron chi connectivity index (χ4n) is 3.02. The number of hydrogen-bond acceptors (Lipinski definition) is 6. The van der Waals surface area contributed by atoms with E-state index in [1.54, 1.807) is 26.2 Å². The Hall–Kier alpha value is -3.06. The van der Waals surface area contributed by atoms with Crippen molar-refractivity contribution in [1.82, 2.24) is 0 Å². The molecule has 6 nitrogen and oxygen atoms in total. The second-order valence-corrected chi connectivity index (χ2v) is 7.62. The zero-order chi connectivity index (χ0) is 21.5. The number of anilines is 1. The van der Waals surface area contributed by atoms with E-state index in [0.29, 0.717) is 40.8 Å². The number of methoxy groups -OCH3 is 1. The molecule has 1 heterocycles. The molecule has 7 heteroatoms. The summed E-state index contributed by atoms with van der Waals surface area (Å²) in [5.74, 6) is 0.641. The Labute approximate surface area is 179 Å². The van der Waals surface area contributed by atoms with Gasteiger partial charge in [0.1, 0.15) is 10.6 Å². The van der Waals surface area contributed by atoms with Gasteiger partial charge in [0.15, 0.2) is 5.75 Å².